The van der Waals surface area contributed by atoms with Gasteiger partial charge in [0.1, 0.15) is 37.5 Å². The number of esters is 1. The summed E-state index contributed by atoms with van der Waals surface area (Å²) in [4.78, 5) is 98.3. The van der Waals surface area contributed by atoms with Crippen LogP contribution in [0.2, 0.25) is 0 Å². The Morgan fingerprint density at radius 1 is 0.866 bits per heavy atom. The van der Waals surface area contributed by atoms with Crippen molar-refractivity contribution in [1.82, 2.24) is 36.3 Å². The normalized spacial score (nSPS) is 16.3. The fraction of sp³-hybridized carbons (Fsp3) is 0.604. The molecule has 18 nitrogen and oxygen atoms in total. The first kappa shape index (κ1) is 55.9. The maximum atomic E-state index is 14.1. The molecule has 0 bridgehead atoms. The molecular formula is C48H73N7O11P+. The van der Waals surface area contributed by atoms with Gasteiger partial charge in [-0.3, -0.25) is 29.6 Å². The van der Waals surface area contributed by atoms with Crippen LogP contribution in [0.4, 0.5) is 9.59 Å². The average Bonchev–Trinajstić information content (AvgIpc) is 3.27. The number of hydrazine groups is 1. The Hall–Kier alpha value is -5.45. The second kappa shape index (κ2) is 25.1. The molecule has 67 heavy (non-hydrogen) atoms. The molecule has 2 heterocycles. The van der Waals surface area contributed by atoms with E-state index in [1.807, 2.05) is 56.1 Å². The number of methoxy groups -OCH3 is 1. The Labute approximate surface area is 396 Å². The Morgan fingerprint density at radius 2 is 1.48 bits per heavy atom. The van der Waals surface area contributed by atoms with Crippen LogP contribution in [0.25, 0.3) is 11.3 Å². The maximum Gasteiger partial charge on any atom is 0.407 e. The molecule has 370 valence electrons. The Kier molecular flexibility index (Phi) is 20.9. The van der Waals surface area contributed by atoms with Gasteiger partial charge in [-0.25, -0.2) is 19.4 Å². The van der Waals surface area contributed by atoms with Crippen molar-refractivity contribution in [2.45, 2.75) is 125 Å². The molecule has 6 atom stereocenters. The van der Waals surface area contributed by atoms with Crippen molar-refractivity contribution in [2.24, 2.45) is 16.2 Å². The number of carbonyl (C=O) groups excluding carboxylic acids is 7. The number of aliphatic hydroxyl groups is 1. The number of hydrogen-bond donors (Lipinski definition) is 5. The van der Waals surface area contributed by atoms with Crippen molar-refractivity contribution in [3.8, 4) is 11.3 Å². The van der Waals surface area contributed by atoms with E-state index in [0.717, 1.165) is 16.8 Å². The Morgan fingerprint density at radius 3 is 2.04 bits per heavy atom. The van der Waals surface area contributed by atoms with E-state index in [4.69, 9.17) is 14.2 Å². The SMILES string of the molecule is C=[P+](C)CC(NC(=O)C(NC(=O)OCCOC(=O)C1CCCCN1C(=O)C(=O)C(C)(C)CC)C(C)(C)C)C(O)CN(Cc1ccc(-c2ccccn2)cc1)NC(=O)C(NC(=O)OC)C(C)(C)C. The van der Waals surface area contributed by atoms with E-state index in [1.165, 1.54) is 17.0 Å². The van der Waals surface area contributed by atoms with Crippen LogP contribution < -0.4 is 21.4 Å². The van der Waals surface area contributed by atoms with Gasteiger partial charge in [0.05, 0.1) is 45.5 Å². The minimum Gasteiger partial charge on any atom is -0.461 e. The lowest BCUT2D eigenvalue weighted by Crippen LogP contribution is -2.61. The number of amides is 5. The van der Waals surface area contributed by atoms with Gasteiger partial charge >= 0.3 is 18.2 Å². The second-order valence-electron chi connectivity index (χ2n) is 19.7. The third-order valence-corrected chi connectivity index (χ3v) is 12.5. The number of carbonyl (C=O) groups is 7. The van der Waals surface area contributed by atoms with E-state index in [-0.39, 0.29) is 39.0 Å². The molecular weight excluding hydrogens is 882 g/mol. The summed E-state index contributed by atoms with van der Waals surface area (Å²) in [5.74, 6) is -3.18. The molecule has 1 saturated heterocycles. The quantitative estimate of drug-likeness (QED) is 0.0283. The maximum absolute atomic E-state index is 14.1. The Balaban J connectivity index is 1.74. The summed E-state index contributed by atoms with van der Waals surface area (Å²) in [7, 11) is 0.252. The molecule has 3 rings (SSSR count). The zero-order valence-electron chi connectivity index (χ0n) is 41.1. The summed E-state index contributed by atoms with van der Waals surface area (Å²) >= 11 is 0. The summed E-state index contributed by atoms with van der Waals surface area (Å²) in [6.07, 6.45) is 5.19. The highest BCUT2D eigenvalue weighted by Gasteiger charge is 2.41. The molecule has 0 spiro atoms. The number of ketones is 1. The topological polar surface area (TPSA) is 235 Å². The minimum absolute atomic E-state index is 0.119. The van der Waals surface area contributed by atoms with Crippen molar-refractivity contribution in [1.29, 1.82) is 0 Å². The lowest BCUT2D eigenvalue weighted by molar-refractivity contribution is -0.161. The minimum atomic E-state index is -1.28. The van der Waals surface area contributed by atoms with Crippen LogP contribution in [0.1, 0.15) is 93.6 Å². The highest BCUT2D eigenvalue weighted by atomic mass is 31.1. The summed E-state index contributed by atoms with van der Waals surface area (Å²) in [5.41, 5.74) is 2.82. The fourth-order valence-electron chi connectivity index (χ4n) is 7.18. The lowest BCUT2D eigenvalue weighted by Gasteiger charge is -2.35. The number of benzene rings is 1. The number of hydrogen-bond acceptors (Lipinski definition) is 13. The number of Topliss-reactive ketones (excluding diaryl/α,β-unsaturated/α-hetero) is 1. The van der Waals surface area contributed by atoms with Crippen LogP contribution in [0.15, 0.2) is 48.7 Å². The zero-order valence-corrected chi connectivity index (χ0v) is 42.0. The molecule has 19 heteroatoms. The number of nitrogens with one attached hydrogen (secondary N) is 4. The highest BCUT2D eigenvalue weighted by molar-refractivity contribution is 7.55. The van der Waals surface area contributed by atoms with Gasteiger partial charge in [-0.15, -0.1) is 0 Å². The van der Waals surface area contributed by atoms with Gasteiger partial charge in [0.2, 0.25) is 11.7 Å². The van der Waals surface area contributed by atoms with Crippen LogP contribution in [-0.4, -0.2) is 144 Å². The third kappa shape index (κ3) is 17.3. The molecule has 1 fully saturated rings. The number of pyridine rings is 1. The second-order valence-corrected chi connectivity index (χ2v) is 21.8. The molecule has 2 aromatic rings. The monoisotopic (exact) mass is 955 g/mol. The van der Waals surface area contributed by atoms with Crippen molar-refractivity contribution >= 4 is 55.5 Å². The Bertz CT molecular complexity index is 2040. The summed E-state index contributed by atoms with van der Waals surface area (Å²) in [6, 6.07) is 9.10. The number of ether oxygens (including phenoxy) is 3. The summed E-state index contributed by atoms with van der Waals surface area (Å²) < 4.78 is 15.5. The van der Waals surface area contributed by atoms with E-state index in [0.29, 0.717) is 25.7 Å². The molecule has 1 aromatic carbocycles. The number of alkyl carbamates (subject to hydrolysis) is 2. The van der Waals surface area contributed by atoms with Crippen LogP contribution in [-0.2, 0) is 44.7 Å². The highest BCUT2D eigenvalue weighted by Crippen LogP contribution is 2.27. The largest absolute Gasteiger partial charge is 0.461 e. The molecule has 6 unspecified atom stereocenters. The van der Waals surface area contributed by atoms with Gasteiger partial charge in [0, 0.05) is 36.8 Å². The van der Waals surface area contributed by atoms with Gasteiger partial charge < -0.3 is 40.2 Å². The number of likely N-dealkylation sites (tertiary alicyclic amines) is 1. The lowest BCUT2D eigenvalue weighted by atomic mass is 9.84. The fourth-order valence-corrected chi connectivity index (χ4v) is 8.19. The molecule has 1 aromatic heterocycles. The van der Waals surface area contributed by atoms with Crippen LogP contribution in [0.5, 0.6) is 0 Å². The van der Waals surface area contributed by atoms with Gasteiger partial charge in [-0.2, -0.15) is 0 Å². The number of aliphatic hydroxyl groups excluding tert-OH is 1. The molecule has 0 saturated carbocycles. The van der Waals surface area contributed by atoms with Gasteiger partial charge in [-0.05, 0) is 54.2 Å². The van der Waals surface area contributed by atoms with Crippen molar-refractivity contribution in [3.63, 3.8) is 0 Å². The molecule has 1 aliphatic rings. The molecule has 0 radical (unpaired) electrons. The van der Waals surface area contributed by atoms with E-state index < -0.39 is 95.7 Å². The predicted octanol–water partition coefficient (Wildman–Crippen LogP) is 4.81. The van der Waals surface area contributed by atoms with Crippen LogP contribution >= 0.6 is 7.55 Å². The summed E-state index contributed by atoms with van der Waals surface area (Å²) in [5, 5.41) is 21.5. The van der Waals surface area contributed by atoms with E-state index in [2.05, 4.69) is 32.7 Å². The summed E-state index contributed by atoms with van der Waals surface area (Å²) in [6.45, 7) is 17.2. The number of nitrogens with zero attached hydrogens (tertiary/aromatic N) is 3. The van der Waals surface area contributed by atoms with Crippen LogP contribution in [0, 0.1) is 16.2 Å². The third-order valence-electron chi connectivity index (χ3n) is 11.5. The predicted molar refractivity (Wildman–Crippen MR) is 257 cm³/mol. The molecule has 5 N–H and O–H groups in total. The van der Waals surface area contributed by atoms with Crippen molar-refractivity contribution in [3.05, 3.63) is 54.2 Å². The first-order chi connectivity index (χ1) is 31.3. The average molecular weight is 955 g/mol. The molecule has 1 aliphatic heterocycles. The number of rotatable bonds is 21. The van der Waals surface area contributed by atoms with E-state index in [1.54, 1.807) is 61.6 Å². The smallest absolute Gasteiger partial charge is 0.407 e. The first-order valence-electron chi connectivity index (χ1n) is 22.6. The van der Waals surface area contributed by atoms with Gasteiger partial charge in [0.25, 0.3) is 11.8 Å². The molecule has 5 amide bonds. The number of aromatic nitrogens is 1. The first-order valence-corrected chi connectivity index (χ1v) is 24.8. The van der Waals surface area contributed by atoms with Gasteiger partial charge in [0.15, 0.2) is 0 Å². The van der Waals surface area contributed by atoms with E-state index >= 15 is 0 Å². The van der Waals surface area contributed by atoms with Crippen molar-refractivity contribution in [2.75, 3.05) is 46.2 Å². The number of piperidine rings is 1. The van der Waals surface area contributed by atoms with Crippen molar-refractivity contribution < 1.29 is 52.9 Å². The van der Waals surface area contributed by atoms with E-state index in [9.17, 15) is 38.7 Å². The zero-order chi connectivity index (χ0) is 50.3. The van der Waals surface area contributed by atoms with Gasteiger partial charge in [-0.1, -0.05) is 92.6 Å². The molecule has 0 aliphatic carbocycles. The standard InChI is InChI=1S/C48H72N7O11P/c1-13-48(8,9)39(57)42(60)55-25-17-15-19-35(55)43(61)65-26-27-66-45(63)52-37(46(2,3)4)40(58)50-34(30-67(11)12)36(56)29-54(53-41(59)38(47(5,6)7)51-44(62)64-10)28-31-20-22-32(23-21-31)33-18-14-16-24-49-33/h14,16,18,20-24,34-38,56H,11,13,15,17,19,25-30H2,1-10,12H3,(H3-,50,51,52,53,58,59,62,63)/p+1. The van der Waals surface area contributed by atoms with Crippen LogP contribution in [0.3, 0.4) is 0 Å².